The molecule has 0 radical (unpaired) electrons. The molecule has 138 valence electrons. The van der Waals surface area contributed by atoms with E-state index in [1.54, 1.807) is 18.2 Å². The molecule has 0 bridgehead atoms. The highest BCUT2D eigenvalue weighted by molar-refractivity contribution is 5.88. The minimum Gasteiger partial charge on any atom is -0.478 e. The Bertz CT molecular complexity index is 878. The number of carboxylic acids is 1. The molecular formula is C24H24O3. The molecule has 2 aromatic carbocycles. The van der Waals surface area contributed by atoms with E-state index in [-0.39, 0.29) is 5.56 Å². The van der Waals surface area contributed by atoms with Gasteiger partial charge in [0.05, 0.1) is 12.2 Å². The summed E-state index contributed by atoms with van der Waals surface area (Å²) < 4.78 is 6.36. The zero-order valence-electron chi connectivity index (χ0n) is 15.5. The maximum atomic E-state index is 11.2. The summed E-state index contributed by atoms with van der Waals surface area (Å²) in [5.41, 5.74) is 2.96. The van der Waals surface area contributed by atoms with Crippen molar-refractivity contribution in [1.29, 1.82) is 0 Å². The average Bonchev–Trinajstić information content (AvgIpc) is 2.69. The number of ether oxygens (including phenoxy) is 1. The lowest BCUT2D eigenvalue weighted by atomic mass is 9.86. The maximum Gasteiger partial charge on any atom is 0.335 e. The molecular weight excluding hydrogens is 336 g/mol. The van der Waals surface area contributed by atoms with Gasteiger partial charge in [-0.1, -0.05) is 66.8 Å². The molecule has 0 heterocycles. The zero-order chi connectivity index (χ0) is 19.1. The van der Waals surface area contributed by atoms with Gasteiger partial charge in [-0.2, -0.15) is 0 Å². The monoisotopic (exact) mass is 360 g/mol. The quantitative estimate of drug-likeness (QED) is 0.728. The van der Waals surface area contributed by atoms with Crippen LogP contribution in [-0.4, -0.2) is 23.3 Å². The van der Waals surface area contributed by atoms with Gasteiger partial charge in [0.2, 0.25) is 0 Å². The maximum absolute atomic E-state index is 11.2. The molecule has 0 fully saturated rings. The zero-order valence-corrected chi connectivity index (χ0v) is 15.5. The molecule has 27 heavy (non-hydrogen) atoms. The number of hydrogen-bond donors (Lipinski definition) is 1. The number of aromatic carboxylic acids is 1. The minimum atomic E-state index is -0.919. The first-order chi connectivity index (χ1) is 13.1. The van der Waals surface area contributed by atoms with Crippen LogP contribution in [0.4, 0.5) is 0 Å². The van der Waals surface area contributed by atoms with Gasteiger partial charge in [0.25, 0.3) is 0 Å². The van der Waals surface area contributed by atoms with E-state index in [0.717, 1.165) is 24.0 Å². The van der Waals surface area contributed by atoms with Crippen LogP contribution in [0.25, 0.3) is 6.08 Å². The number of allylic oxidation sites excluding steroid dienone is 2. The number of carbonyl (C=O) groups is 1. The first kappa shape index (κ1) is 18.9. The lowest BCUT2D eigenvalue weighted by Gasteiger charge is -2.33. The van der Waals surface area contributed by atoms with E-state index in [2.05, 4.69) is 24.3 Å². The summed E-state index contributed by atoms with van der Waals surface area (Å²) in [5.74, 6) is -0.919. The molecule has 3 rings (SSSR count). The summed E-state index contributed by atoms with van der Waals surface area (Å²) in [5, 5.41) is 9.20. The van der Waals surface area contributed by atoms with Gasteiger partial charge in [0.1, 0.15) is 5.60 Å². The molecule has 0 saturated carbocycles. The van der Waals surface area contributed by atoms with E-state index in [1.165, 1.54) is 5.56 Å². The van der Waals surface area contributed by atoms with Crippen LogP contribution in [0.15, 0.2) is 84.5 Å². The fraction of sp³-hybridized carbons (Fsp3) is 0.208. The Balaban J connectivity index is 1.79. The van der Waals surface area contributed by atoms with E-state index in [4.69, 9.17) is 4.74 Å². The molecule has 0 saturated heterocycles. The van der Waals surface area contributed by atoms with Crippen molar-refractivity contribution < 1.29 is 14.6 Å². The minimum absolute atomic E-state index is 0.287. The Morgan fingerprint density at radius 2 is 1.96 bits per heavy atom. The van der Waals surface area contributed by atoms with Crippen molar-refractivity contribution in [2.24, 2.45) is 0 Å². The fourth-order valence-electron chi connectivity index (χ4n) is 3.24. The third-order valence-electron chi connectivity index (χ3n) is 4.81. The molecule has 2 aromatic rings. The van der Waals surface area contributed by atoms with Crippen LogP contribution in [0, 0.1) is 0 Å². The fourth-order valence-corrected chi connectivity index (χ4v) is 3.24. The Hall–Kier alpha value is -2.91. The standard InChI is InChI=1S/C24H24O3/c1-19(17-21-11-8-12-22(18-21)23(25)26)24(14-6-3-7-15-24)27-16-13-20-9-4-2-5-10-20/h2-12,14,17-18H,13,15-16H2,1H3,(H,25,26). The molecule has 1 aliphatic carbocycles. The van der Waals surface area contributed by atoms with Crippen LogP contribution in [0.1, 0.15) is 34.8 Å². The highest BCUT2D eigenvalue weighted by atomic mass is 16.5. The molecule has 1 atom stereocenters. The number of rotatable bonds is 7. The van der Waals surface area contributed by atoms with Crippen molar-refractivity contribution in [1.82, 2.24) is 0 Å². The van der Waals surface area contributed by atoms with Crippen LogP contribution in [0.2, 0.25) is 0 Å². The third kappa shape index (κ3) is 4.83. The van der Waals surface area contributed by atoms with Crippen LogP contribution in [-0.2, 0) is 11.2 Å². The summed E-state index contributed by atoms with van der Waals surface area (Å²) in [6.45, 7) is 2.65. The van der Waals surface area contributed by atoms with Gasteiger partial charge in [0, 0.05) is 6.42 Å². The number of hydrogen-bond acceptors (Lipinski definition) is 2. The Kier molecular flexibility index (Phi) is 6.05. The summed E-state index contributed by atoms with van der Waals surface area (Å²) in [4.78, 5) is 11.2. The lowest BCUT2D eigenvalue weighted by Crippen LogP contribution is -2.33. The van der Waals surface area contributed by atoms with Gasteiger partial charge in [0.15, 0.2) is 0 Å². The molecule has 3 heteroatoms. The van der Waals surface area contributed by atoms with Gasteiger partial charge >= 0.3 is 5.97 Å². The molecule has 3 nitrogen and oxygen atoms in total. The van der Waals surface area contributed by atoms with E-state index in [1.807, 2.05) is 49.4 Å². The normalized spacial score (nSPS) is 19.2. The van der Waals surface area contributed by atoms with Crippen molar-refractivity contribution in [3.8, 4) is 0 Å². The molecule has 1 N–H and O–H groups in total. The first-order valence-corrected chi connectivity index (χ1v) is 9.13. The summed E-state index contributed by atoms with van der Waals surface area (Å²) >= 11 is 0. The van der Waals surface area contributed by atoms with Crippen molar-refractivity contribution >= 4 is 12.0 Å². The van der Waals surface area contributed by atoms with Crippen molar-refractivity contribution in [2.75, 3.05) is 6.61 Å². The molecule has 1 unspecified atom stereocenters. The topological polar surface area (TPSA) is 46.5 Å². The van der Waals surface area contributed by atoms with Gasteiger partial charge in [-0.05, 0) is 48.3 Å². The second-order valence-corrected chi connectivity index (χ2v) is 6.72. The van der Waals surface area contributed by atoms with E-state index < -0.39 is 11.6 Å². The predicted molar refractivity (Wildman–Crippen MR) is 109 cm³/mol. The van der Waals surface area contributed by atoms with Gasteiger partial charge in [-0.25, -0.2) is 4.79 Å². The summed E-state index contributed by atoms with van der Waals surface area (Å²) in [6.07, 6.45) is 11.9. The molecule has 0 spiro atoms. The highest BCUT2D eigenvalue weighted by Crippen LogP contribution is 2.32. The lowest BCUT2D eigenvalue weighted by molar-refractivity contribution is 0.0229. The largest absolute Gasteiger partial charge is 0.478 e. The van der Waals surface area contributed by atoms with Crippen LogP contribution in [0.3, 0.4) is 0 Å². The summed E-state index contributed by atoms with van der Waals surface area (Å²) in [7, 11) is 0. The van der Waals surface area contributed by atoms with Gasteiger partial charge in [-0.15, -0.1) is 0 Å². The third-order valence-corrected chi connectivity index (χ3v) is 4.81. The van der Waals surface area contributed by atoms with E-state index in [9.17, 15) is 9.90 Å². The second kappa shape index (κ2) is 8.65. The van der Waals surface area contributed by atoms with E-state index in [0.29, 0.717) is 6.61 Å². The first-order valence-electron chi connectivity index (χ1n) is 9.13. The second-order valence-electron chi connectivity index (χ2n) is 6.72. The molecule has 0 aromatic heterocycles. The molecule has 1 aliphatic rings. The average molecular weight is 360 g/mol. The Morgan fingerprint density at radius 3 is 2.67 bits per heavy atom. The highest BCUT2D eigenvalue weighted by Gasteiger charge is 2.30. The number of benzene rings is 2. The van der Waals surface area contributed by atoms with Crippen molar-refractivity contribution in [2.45, 2.75) is 25.4 Å². The predicted octanol–water partition coefficient (Wildman–Crippen LogP) is 5.30. The Morgan fingerprint density at radius 1 is 1.15 bits per heavy atom. The summed E-state index contributed by atoms with van der Waals surface area (Å²) in [6, 6.07) is 17.3. The van der Waals surface area contributed by atoms with Crippen LogP contribution < -0.4 is 0 Å². The van der Waals surface area contributed by atoms with Gasteiger partial charge < -0.3 is 9.84 Å². The van der Waals surface area contributed by atoms with Gasteiger partial charge in [-0.3, -0.25) is 0 Å². The van der Waals surface area contributed by atoms with E-state index >= 15 is 0 Å². The molecule has 0 aliphatic heterocycles. The van der Waals surface area contributed by atoms with Crippen LogP contribution in [0.5, 0.6) is 0 Å². The SMILES string of the molecule is CC(=Cc1cccc(C(=O)O)c1)C1(OCCc2ccccc2)C=CC=CC1. The Labute approximate surface area is 160 Å². The van der Waals surface area contributed by atoms with Crippen molar-refractivity contribution in [3.63, 3.8) is 0 Å². The number of carboxylic acid groups (broad SMARTS) is 1. The van der Waals surface area contributed by atoms with Crippen LogP contribution >= 0.6 is 0 Å². The van der Waals surface area contributed by atoms with Crippen molar-refractivity contribution in [3.05, 3.63) is 101 Å². The molecule has 0 amide bonds. The smallest absolute Gasteiger partial charge is 0.335 e.